The number of methoxy groups -OCH3 is 1. The molecule has 1 amide bonds. The van der Waals surface area contributed by atoms with Gasteiger partial charge in [0, 0.05) is 37.8 Å². The van der Waals surface area contributed by atoms with Crippen LogP contribution in [-0.4, -0.2) is 66.9 Å². The van der Waals surface area contributed by atoms with Gasteiger partial charge in [-0.1, -0.05) is 6.07 Å². The number of hydrogen-bond acceptors (Lipinski definition) is 6. The van der Waals surface area contributed by atoms with Gasteiger partial charge in [-0.2, -0.15) is 0 Å². The van der Waals surface area contributed by atoms with E-state index in [1.165, 1.54) is 13.2 Å². The van der Waals surface area contributed by atoms with Gasteiger partial charge in [-0.3, -0.25) is 14.5 Å². The molecule has 2 heterocycles. The number of ether oxygens (including phenoxy) is 2. The van der Waals surface area contributed by atoms with Crippen LogP contribution in [0.1, 0.15) is 10.4 Å². The van der Waals surface area contributed by atoms with E-state index in [0.717, 1.165) is 24.2 Å². The summed E-state index contributed by atoms with van der Waals surface area (Å²) in [6.07, 6.45) is 0. The summed E-state index contributed by atoms with van der Waals surface area (Å²) >= 11 is 0. The van der Waals surface area contributed by atoms with Gasteiger partial charge in [0.1, 0.15) is 5.75 Å². The number of aromatic nitrogens is 2. The molecule has 0 radical (unpaired) electrons. The normalized spacial score (nSPS) is 14.5. The van der Waals surface area contributed by atoms with Crippen LogP contribution in [0.3, 0.4) is 0 Å². The van der Waals surface area contributed by atoms with Crippen LogP contribution in [-0.2, 0) is 4.74 Å². The third kappa shape index (κ3) is 4.52. The Labute approximate surface area is 178 Å². The first-order valence-corrected chi connectivity index (χ1v) is 10.1. The number of rotatable bonds is 6. The minimum atomic E-state index is -0.587. The Bertz CT molecular complexity index is 1210. The first-order chi connectivity index (χ1) is 15.1. The van der Waals surface area contributed by atoms with Crippen molar-refractivity contribution < 1.29 is 14.3 Å². The van der Waals surface area contributed by atoms with E-state index in [1.807, 2.05) is 0 Å². The fourth-order valence-electron chi connectivity index (χ4n) is 3.60. The summed E-state index contributed by atoms with van der Waals surface area (Å²) in [5.74, 6) is 0.279. The fraction of sp³-hybridized carbons (Fsp3) is 0.318. The lowest BCUT2D eigenvalue weighted by molar-refractivity contribution is 0.0383. The molecular weight excluding hydrogens is 400 g/mol. The molecule has 0 spiro atoms. The van der Waals surface area contributed by atoms with Gasteiger partial charge in [0.15, 0.2) is 0 Å². The molecule has 4 rings (SSSR count). The Morgan fingerprint density at radius 3 is 2.74 bits per heavy atom. The van der Waals surface area contributed by atoms with Gasteiger partial charge < -0.3 is 19.8 Å². The highest BCUT2D eigenvalue weighted by Crippen LogP contribution is 2.15. The number of nitrogens with zero attached hydrogens (tertiary/aromatic N) is 2. The maximum Gasteiger partial charge on any atom is 0.333 e. The lowest BCUT2D eigenvalue weighted by Crippen LogP contribution is -2.41. The third-order valence-corrected chi connectivity index (χ3v) is 5.29. The summed E-state index contributed by atoms with van der Waals surface area (Å²) in [6, 6.07) is 11.4. The average molecular weight is 424 g/mol. The second-order valence-corrected chi connectivity index (χ2v) is 7.24. The molecule has 31 heavy (non-hydrogen) atoms. The van der Waals surface area contributed by atoms with Gasteiger partial charge in [0.2, 0.25) is 0 Å². The minimum absolute atomic E-state index is 0.256. The number of fused-ring (bicyclic) bond motifs is 1. The van der Waals surface area contributed by atoms with Crippen molar-refractivity contribution in [3.05, 3.63) is 68.9 Å². The van der Waals surface area contributed by atoms with Crippen LogP contribution < -0.4 is 21.3 Å². The van der Waals surface area contributed by atoms with Crippen molar-refractivity contribution in [3.63, 3.8) is 0 Å². The number of aromatic amines is 1. The van der Waals surface area contributed by atoms with E-state index >= 15 is 0 Å². The van der Waals surface area contributed by atoms with E-state index < -0.39 is 11.2 Å². The lowest BCUT2D eigenvalue weighted by atomic mass is 10.1. The molecule has 0 saturated carbocycles. The molecule has 9 nitrogen and oxygen atoms in total. The molecule has 3 aromatic rings. The molecule has 0 atom stereocenters. The van der Waals surface area contributed by atoms with Crippen LogP contribution in [0.15, 0.2) is 52.1 Å². The zero-order valence-electron chi connectivity index (χ0n) is 17.2. The number of carbonyl (C=O) groups excluding carboxylic acids is 1. The second kappa shape index (κ2) is 9.15. The summed E-state index contributed by atoms with van der Waals surface area (Å²) in [7, 11) is 1.51. The van der Waals surface area contributed by atoms with Crippen molar-refractivity contribution in [1.29, 1.82) is 0 Å². The molecule has 2 aromatic carbocycles. The van der Waals surface area contributed by atoms with Crippen LogP contribution in [0.2, 0.25) is 0 Å². The molecule has 1 fully saturated rings. The van der Waals surface area contributed by atoms with Crippen molar-refractivity contribution in [2.45, 2.75) is 0 Å². The Kier molecular flexibility index (Phi) is 6.15. The van der Waals surface area contributed by atoms with Crippen molar-refractivity contribution in [1.82, 2.24) is 19.8 Å². The van der Waals surface area contributed by atoms with Gasteiger partial charge >= 0.3 is 5.69 Å². The molecule has 0 unspecified atom stereocenters. The summed E-state index contributed by atoms with van der Waals surface area (Å²) < 4.78 is 11.5. The number of morpholine rings is 1. The maximum absolute atomic E-state index is 13.0. The second-order valence-electron chi connectivity index (χ2n) is 7.24. The third-order valence-electron chi connectivity index (χ3n) is 5.29. The van der Waals surface area contributed by atoms with E-state index in [-0.39, 0.29) is 5.91 Å². The van der Waals surface area contributed by atoms with E-state index in [1.54, 1.807) is 36.4 Å². The topological polar surface area (TPSA) is 106 Å². The van der Waals surface area contributed by atoms with E-state index in [2.05, 4.69) is 15.2 Å². The van der Waals surface area contributed by atoms with Crippen LogP contribution in [0.4, 0.5) is 0 Å². The number of benzene rings is 2. The smallest absolute Gasteiger partial charge is 0.333 e. The zero-order valence-corrected chi connectivity index (χ0v) is 17.2. The number of hydrogen-bond donors (Lipinski definition) is 2. The van der Waals surface area contributed by atoms with Crippen LogP contribution >= 0.6 is 0 Å². The highest BCUT2D eigenvalue weighted by atomic mass is 16.5. The van der Waals surface area contributed by atoms with Gasteiger partial charge in [0.05, 0.1) is 36.9 Å². The Morgan fingerprint density at radius 2 is 1.97 bits per heavy atom. The summed E-state index contributed by atoms with van der Waals surface area (Å²) in [5, 5.41) is 3.19. The van der Waals surface area contributed by atoms with Crippen molar-refractivity contribution >= 4 is 16.8 Å². The summed E-state index contributed by atoms with van der Waals surface area (Å²) in [5.41, 5.74) is 0.0398. The SMILES string of the molecule is COc1cccc(-n2c(=O)[nH]c3cc(C(=O)NCCN4CCOCC4)ccc3c2=O)c1. The first-order valence-electron chi connectivity index (χ1n) is 10.1. The number of carbonyl (C=O) groups is 1. The summed E-state index contributed by atoms with van der Waals surface area (Å²) in [4.78, 5) is 43.0. The molecule has 1 saturated heterocycles. The lowest BCUT2D eigenvalue weighted by Gasteiger charge is -2.26. The Hall–Kier alpha value is -3.43. The fourth-order valence-corrected chi connectivity index (χ4v) is 3.60. The molecule has 1 aliphatic rings. The molecule has 1 aliphatic heterocycles. The van der Waals surface area contributed by atoms with Crippen molar-refractivity contribution in [2.24, 2.45) is 0 Å². The average Bonchev–Trinajstić information content (AvgIpc) is 2.79. The van der Waals surface area contributed by atoms with Gasteiger partial charge in [-0.15, -0.1) is 0 Å². The highest BCUT2D eigenvalue weighted by Gasteiger charge is 2.14. The maximum atomic E-state index is 13.0. The number of nitrogens with one attached hydrogen (secondary N) is 2. The minimum Gasteiger partial charge on any atom is -0.497 e. The van der Waals surface area contributed by atoms with Gasteiger partial charge in [-0.25, -0.2) is 9.36 Å². The molecule has 9 heteroatoms. The zero-order chi connectivity index (χ0) is 21.8. The van der Waals surface area contributed by atoms with Crippen LogP contribution in [0, 0.1) is 0 Å². The molecule has 0 bridgehead atoms. The molecular formula is C22H24N4O5. The Morgan fingerprint density at radius 1 is 1.16 bits per heavy atom. The number of H-pyrrole nitrogens is 1. The van der Waals surface area contributed by atoms with Gasteiger partial charge in [0.25, 0.3) is 11.5 Å². The standard InChI is InChI=1S/C22H24N4O5/c1-30-17-4-2-3-16(14-17)26-21(28)18-6-5-15(13-19(18)24-22(26)29)20(27)23-7-8-25-9-11-31-12-10-25/h2-6,13-14H,7-12H2,1H3,(H,23,27)(H,24,29). The van der Waals surface area contributed by atoms with Crippen LogP contribution in [0.5, 0.6) is 5.75 Å². The quantitative estimate of drug-likeness (QED) is 0.605. The van der Waals surface area contributed by atoms with E-state index in [4.69, 9.17) is 9.47 Å². The van der Waals surface area contributed by atoms with Crippen LogP contribution in [0.25, 0.3) is 16.6 Å². The Balaban J connectivity index is 1.56. The van der Waals surface area contributed by atoms with E-state index in [0.29, 0.717) is 47.7 Å². The molecule has 2 N–H and O–H groups in total. The monoisotopic (exact) mass is 424 g/mol. The van der Waals surface area contributed by atoms with Gasteiger partial charge in [-0.05, 0) is 30.3 Å². The van der Waals surface area contributed by atoms with Crippen molar-refractivity contribution in [3.8, 4) is 11.4 Å². The largest absolute Gasteiger partial charge is 0.497 e. The molecule has 0 aliphatic carbocycles. The molecule has 162 valence electrons. The van der Waals surface area contributed by atoms with Crippen molar-refractivity contribution in [2.75, 3.05) is 46.5 Å². The predicted octanol–water partition coefficient (Wildman–Crippen LogP) is 0.750. The van der Waals surface area contributed by atoms with E-state index in [9.17, 15) is 14.4 Å². The first kappa shape index (κ1) is 20.8. The number of amides is 1. The predicted molar refractivity (Wildman–Crippen MR) is 116 cm³/mol. The molecule has 1 aromatic heterocycles. The highest BCUT2D eigenvalue weighted by molar-refractivity contribution is 5.97. The summed E-state index contributed by atoms with van der Waals surface area (Å²) in [6.45, 7) is 4.37.